The van der Waals surface area contributed by atoms with Crippen LogP contribution in [0.15, 0.2) is 75.6 Å². The number of nitrogens with one attached hydrogen (secondary N) is 1. The lowest BCUT2D eigenvalue weighted by Gasteiger charge is -2.04. The zero-order valence-electron chi connectivity index (χ0n) is 16.4. The van der Waals surface area contributed by atoms with Crippen molar-refractivity contribution in [2.75, 3.05) is 12.4 Å². The van der Waals surface area contributed by atoms with Crippen molar-refractivity contribution >= 4 is 33.7 Å². The first-order valence-electron chi connectivity index (χ1n) is 9.47. The number of methoxy groups -OCH3 is 1. The van der Waals surface area contributed by atoms with Crippen LogP contribution in [-0.2, 0) is 0 Å². The monoisotopic (exact) mass is 398 g/mol. The third-order valence-corrected chi connectivity index (χ3v) is 5.03. The van der Waals surface area contributed by atoms with E-state index >= 15 is 0 Å². The van der Waals surface area contributed by atoms with Gasteiger partial charge in [-0.2, -0.15) is 0 Å². The summed E-state index contributed by atoms with van der Waals surface area (Å²) in [4.78, 5) is 17.3. The number of hydrogen-bond acceptors (Lipinski definition) is 5. The van der Waals surface area contributed by atoms with Crippen molar-refractivity contribution in [2.24, 2.45) is 0 Å². The molecule has 30 heavy (non-hydrogen) atoms. The molecule has 0 fully saturated rings. The number of aromatic nitrogens is 1. The highest BCUT2D eigenvalue weighted by molar-refractivity contribution is 6.06. The smallest absolute Gasteiger partial charge is 0.291 e. The third kappa shape index (κ3) is 3.08. The average molecular weight is 398 g/mol. The van der Waals surface area contributed by atoms with Crippen LogP contribution in [0.2, 0.25) is 0 Å². The number of fused-ring (bicyclic) bond motifs is 2. The maximum atomic E-state index is 12.8. The van der Waals surface area contributed by atoms with Gasteiger partial charge in [0.2, 0.25) is 5.89 Å². The minimum absolute atomic E-state index is 0.279. The van der Waals surface area contributed by atoms with Gasteiger partial charge in [-0.15, -0.1) is 0 Å². The maximum absolute atomic E-state index is 12.8. The molecule has 1 amide bonds. The van der Waals surface area contributed by atoms with Gasteiger partial charge >= 0.3 is 0 Å². The molecule has 0 bridgehead atoms. The van der Waals surface area contributed by atoms with Gasteiger partial charge in [0.1, 0.15) is 16.8 Å². The molecular formula is C24H18N2O4. The summed E-state index contributed by atoms with van der Waals surface area (Å²) in [6, 6.07) is 20.4. The number of furan rings is 1. The Hall–Kier alpha value is -4.06. The molecule has 1 N–H and O–H groups in total. The molecule has 5 rings (SSSR count). The van der Waals surface area contributed by atoms with Gasteiger partial charge in [-0.1, -0.05) is 12.1 Å². The standard InChI is InChI=1S/C24H18N2O4/c1-14-18-13-17(28-2)11-12-20(18)29-22(14)23(27)25-16-9-7-15(8-10-16)24-26-19-5-3-4-6-21(19)30-24/h3-13H,1-2H3,(H,25,27). The maximum Gasteiger partial charge on any atom is 0.291 e. The molecule has 0 spiro atoms. The van der Waals surface area contributed by atoms with Crippen molar-refractivity contribution in [1.29, 1.82) is 0 Å². The molecular weight excluding hydrogens is 380 g/mol. The van der Waals surface area contributed by atoms with Crippen molar-refractivity contribution < 1.29 is 18.4 Å². The van der Waals surface area contributed by atoms with E-state index in [1.807, 2.05) is 61.5 Å². The van der Waals surface area contributed by atoms with E-state index in [2.05, 4.69) is 10.3 Å². The first-order valence-corrected chi connectivity index (χ1v) is 9.47. The number of benzene rings is 3. The molecule has 0 unspecified atom stereocenters. The lowest BCUT2D eigenvalue weighted by atomic mass is 10.1. The van der Waals surface area contributed by atoms with Gasteiger partial charge in [0, 0.05) is 22.2 Å². The van der Waals surface area contributed by atoms with Crippen LogP contribution < -0.4 is 10.1 Å². The Morgan fingerprint density at radius 2 is 1.77 bits per heavy atom. The molecule has 2 heterocycles. The Kier molecular flexibility index (Phi) is 4.25. The lowest BCUT2D eigenvalue weighted by Crippen LogP contribution is -2.12. The number of amides is 1. The molecule has 6 heteroatoms. The fraction of sp³-hybridized carbons (Fsp3) is 0.0833. The van der Waals surface area contributed by atoms with Crippen molar-refractivity contribution in [3.05, 3.63) is 78.1 Å². The quantitative estimate of drug-likeness (QED) is 0.413. The molecule has 0 saturated carbocycles. The minimum atomic E-state index is -0.308. The normalized spacial score (nSPS) is 11.1. The summed E-state index contributed by atoms with van der Waals surface area (Å²) in [5.74, 6) is 1.22. The van der Waals surface area contributed by atoms with Crippen LogP contribution >= 0.6 is 0 Å². The van der Waals surface area contributed by atoms with Gasteiger partial charge in [0.15, 0.2) is 11.3 Å². The van der Waals surface area contributed by atoms with Gasteiger partial charge in [0.05, 0.1) is 7.11 Å². The minimum Gasteiger partial charge on any atom is -0.497 e. The van der Waals surface area contributed by atoms with Crippen molar-refractivity contribution in [3.63, 3.8) is 0 Å². The number of nitrogens with zero attached hydrogens (tertiary/aromatic N) is 1. The van der Waals surface area contributed by atoms with Gasteiger partial charge in [-0.3, -0.25) is 4.79 Å². The predicted octanol–water partition coefficient (Wildman–Crippen LogP) is 5.81. The van der Waals surface area contributed by atoms with Crippen molar-refractivity contribution in [1.82, 2.24) is 4.98 Å². The molecule has 3 aromatic carbocycles. The first kappa shape index (κ1) is 18.0. The summed E-state index contributed by atoms with van der Waals surface area (Å²) in [5, 5.41) is 3.73. The largest absolute Gasteiger partial charge is 0.497 e. The van der Waals surface area contributed by atoms with Gasteiger partial charge in [-0.25, -0.2) is 4.98 Å². The summed E-state index contributed by atoms with van der Waals surface area (Å²) in [5.41, 5.74) is 4.44. The molecule has 6 nitrogen and oxygen atoms in total. The summed E-state index contributed by atoms with van der Waals surface area (Å²) in [6.07, 6.45) is 0. The first-order chi connectivity index (χ1) is 14.6. The molecule has 0 aliphatic heterocycles. The SMILES string of the molecule is COc1ccc2oc(C(=O)Nc3ccc(-c4nc5ccccc5o4)cc3)c(C)c2c1. The highest BCUT2D eigenvalue weighted by Gasteiger charge is 2.18. The van der Waals surface area contributed by atoms with Crippen LogP contribution in [-0.4, -0.2) is 18.0 Å². The summed E-state index contributed by atoms with van der Waals surface area (Å²) >= 11 is 0. The highest BCUT2D eigenvalue weighted by Crippen LogP contribution is 2.30. The third-order valence-electron chi connectivity index (χ3n) is 5.03. The molecule has 0 aliphatic carbocycles. The number of ether oxygens (including phenoxy) is 1. The van der Waals surface area contributed by atoms with E-state index in [1.165, 1.54) is 0 Å². The second kappa shape index (κ2) is 7.08. The second-order valence-corrected chi connectivity index (χ2v) is 6.94. The Labute approximate surface area is 172 Å². The molecule has 148 valence electrons. The molecule has 0 atom stereocenters. The Morgan fingerprint density at radius 3 is 2.53 bits per heavy atom. The van der Waals surface area contributed by atoms with Gasteiger partial charge in [0.25, 0.3) is 5.91 Å². The zero-order valence-corrected chi connectivity index (χ0v) is 16.4. The van der Waals surface area contributed by atoms with Gasteiger partial charge in [-0.05, 0) is 61.5 Å². The van der Waals surface area contributed by atoms with Crippen molar-refractivity contribution in [3.8, 4) is 17.2 Å². The Morgan fingerprint density at radius 1 is 0.967 bits per heavy atom. The highest BCUT2D eigenvalue weighted by atomic mass is 16.5. The van der Waals surface area contributed by atoms with E-state index in [1.54, 1.807) is 19.2 Å². The van der Waals surface area contributed by atoms with E-state index in [0.29, 0.717) is 22.9 Å². The molecule has 2 aromatic heterocycles. The molecule has 0 saturated heterocycles. The summed E-state index contributed by atoms with van der Waals surface area (Å²) in [7, 11) is 1.61. The second-order valence-electron chi connectivity index (χ2n) is 6.94. The lowest BCUT2D eigenvalue weighted by molar-refractivity contribution is 0.0998. The summed E-state index contributed by atoms with van der Waals surface area (Å²) in [6.45, 7) is 1.86. The average Bonchev–Trinajstić information content (AvgIpc) is 3.35. The van der Waals surface area contributed by atoms with Crippen LogP contribution in [0.4, 0.5) is 5.69 Å². The number of rotatable bonds is 4. The number of oxazole rings is 1. The number of hydrogen-bond donors (Lipinski definition) is 1. The van der Waals surface area contributed by atoms with E-state index in [4.69, 9.17) is 13.6 Å². The number of aryl methyl sites for hydroxylation is 1. The van der Waals surface area contributed by atoms with Crippen molar-refractivity contribution in [2.45, 2.75) is 6.92 Å². The predicted molar refractivity (Wildman–Crippen MR) is 115 cm³/mol. The van der Waals surface area contributed by atoms with Crippen LogP contribution in [0, 0.1) is 6.92 Å². The van der Waals surface area contributed by atoms with E-state index < -0.39 is 0 Å². The van der Waals surface area contributed by atoms with Crippen LogP contribution in [0.25, 0.3) is 33.5 Å². The fourth-order valence-corrected chi connectivity index (χ4v) is 3.42. The van der Waals surface area contributed by atoms with E-state index in [0.717, 1.165) is 27.6 Å². The number of para-hydroxylation sites is 2. The van der Waals surface area contributed by atoms with Crippen LogP contribution in [0.3, 0.4) is 0 Å². The zero-order chi connectivity index (χ0) is 20.7. The number of anilines is 1. The molecule has 0 aliphatic rings. The van der Waals surface area contributed by atoms with E-state index in [-0.39, 0.29) is 11.7 Å². The number of carbonyl (C=O) groups is 1. The van der Waals surface area contributed by atoms with Crippen LogP contribution in [0.1, 0.15) is 16.1 Å². The number of carbonyl (C=O) groups excluding carboxylic acids is 1. The summed E-state index contributed by atoms with van der Waals surface area (Å²) < 4.78 is 16.8. The molecule has 5 aromatic rings. The topological polar surface area (TPSA) is 77.5 Å². The van der Waals surface area contributed by atoms with Gasteiger partial charge < -0.3 is 18.9 Å². The Bertz CT molecular complexity index is 1350. The fourth-order valence-electron chi connectivity index (χ4n) is 3.42. The Balaban J connectivity index is 1.38. The molecule has 0 radical (unpaired) electrons. The van der Waals surface area contributed by atoms with E-state index in [9.17, 15) is 4.79 Å². The van der Waals surface area contributed by atoms with Crippen LogP contribution in [0.5, 0.6) is 5.75 Å².